The quantitative estimate of drug-likeness (QED) is 0.586. The maximum atomic E-state index is 5.88. The summed E-state index contributed by atoms with van der Waals surface area (Å²) in [4.78, 5) is 0. The van der Waals surface area contributed by atoms with Crippen LogP contribution in [0.5, 0.6) is 0 Å². The van der Waals surface area contributed by atoms with E-state index in [0.29, 0.717) is 11.2 Å². The Bertz CT molecular complexity index is 378. The van der Waals surface area contributed by atoms with Gasteiger partial charge < -0.3 is 22.1 Å². The molecule has 20 heavy (non-hydrogen) atoms. The van der Waals surface area contributed by atoms with Crippen LogP contribution in [-0.2, 0) is 0 Å². The fourth-order valence-electron chi connectivity index (χ4n) is 3.65. The Morgan fingerprint density at radius 1 is 1.35 bits per heavy atom. The molecule has 0 aromatic carbocycles. The zero-order valence-electron chi connectivity index (χ0n) is 13.3. The highest BCUT2D eigenvalue weighted by molar-refractivity contribution is 7.80. The molecule has 1 aliphatic rings. The Morgan fingerprint density at radius 2 is 2.00 bits per heavy atom. The van der Waals surface area contributed by atoms with Gasteiger partial charge in [-0.2, -0.15) is 0 Å². The van der Waals surface area contributed by atoms with Crippen LogP contribution in [-0.4, -0.2) is 17.7 Å². The molecule has 0 radical (unpaired) electrons. The Labute approximate surface area is 128 Å². The largest absolute Gasteiger partial charge is 0.386 e. The minimum atomic E-state index is 0.234. The Balaban J connectivity index is 2.83. The molecule has 0 aliphatic heterocycles. The van der Waals surface area contributed by atoms with Crippen molar-refractivity contribution < 1.29 is 0 Å². The lowest BCUT2D eigenvalue weighted by Gasteiger charge is -2.48. The lowest BCUT2D eigenvalue weighted by molar-refractivity contribution is 0.0602. The summed E-state index contributed by atoms with van der Waals surface area (Å²) in [6, 6.07) is 0.352. The van der Waals surface area contributed by atoms with E-state index >= 15 is 0 Å². The zero-order valence-corrected chi connectivity index (χ0v) is 14.1. The lowest BCUT2D eigenvalue weighted by Crippen LogP contribution is -2.51. The molecule has 1 fully saturated rings. The van der Waals surface area contributed by atoms with Gasteiger partial charge in [0, 0.05) is 12.6 Å². The van der Waals surface area contributed by atoms with Gasteiger partial charge in [-0.25, -0.2) is 0 Å². The monoisotopic (exact) mass is 298 g/mol. The van der Waals surface area contributed by atoms with Crippen molar-refractivity contribution in [3.8, 4) is 0 Å². The van der Waals surface area contributed by atoms with Crippen molar-refractivity contribution >= 4 is 17.3 Å². The van der Waals surface area contributed by atoms with Crippen LogP contribution < -0.4 is 22.1 Å². The average Bonchev–Trinajstić information content (AvgIpc) is 2.33. The number of allylic oxidation sites excluding steroid dienone is 1. The molecule has 1 rings (SSSR count). The standard InChI is InChI=1S/C15H30N4S/c1-5-12(16)18-10-15(6-2)8-11(19-13(17)20)7-14(3,4)9-15/h5,11,18H,6-10,16H2,1-4H3,(H3,17,19,20)/b12-5+. The predicted octanol–water partition coefficient (Wildman–Crippen LogP) is 2.20. The van der Waals surface area contributed by atoms with Crippen LogP contribution >= 0.6 is 12.2 Å². The topological polar surface area (TPSA) is 76.1 Å². The van der Waals surface area contributed by atoms with Gasteiger partial charge in [0.05, 0.1) is 5.82 Å². The van der Waals surface area contributed by atoms with Gasteiger partial charge in [0.2, 0.25) is 0 Å². The first kappa shape index (κ1) is 17.1. The third kappa shape index (κ3) is 4.85. The number of thiocarbonyl (C=S) groups is 1. The minimum absolute atomic E-state index is 0.234. The predicted molar refractivity (Wildman–Crippen MR) is 90.0 cm³/mol. The van der Waals surface area contributed by atoms with E-state index in [1.165, 1.54) is 6.42 Å². The fraction of sp³-hybridized carbons (Fsp3) is 0.800. The van der Waals surface area contributed by atoms with E-state index in [-0.39, 0.29) is 10.8 Å². The Morgan fingerprint density at radius 3 is 2.50 bits per heavy atom. The van der Waals surface area contributed by atoms with E-state index in [0.717, 1.165) is 31.6 Å². The van der Waals surface area contributed by atoms with Crippen molar-refractivity contribution in [3.05, 3.63) is 11.9 Å². The van der Waals surface area contributed by atoms with Crippen LogP contribution in [0.25, 0.3) is 0 Å². The maximum absolute atomic E-state index is 5.88. The summed E-state index contributed by atoms with van der Waals surface area (Å²) in [7, 11) is 0. The summed E-state index contributed by atoms with van der Waals surface area (Å²) in [5.41, 5.74) is 12.1. The number of nitrogens with one attached hydrogen (secondary N) is 2. The van der Waals surface area contributed by atoms with Crippen molar-refractivity contribution in [2.45, 2.75) is 59.4 Å². The summed E-state index contributed by atoms with van der Waals surface area (Å²) in [6.07, 6.45) is 6.40. The second-order valence-corrected chi connectivity index (χ2v) is 7.35. The van der Waals surface area contributed by atoms with Gasteiger partial charge in [0.15, 0.2) is 5.11 Å². The van der Waals surface area contributed by atoms with E-state index in [9.17, 15) is 0 Å². The zero-order chi connectivity index (χ0) is 15.4. The lowest BCUT2D eigenvalue weighted by atomic mass is 9.60. The first-order valence-corrected chi connectivity index (χ1v) is 7.84. The molecule has 1 aliphatic carbocycles. The van der Waals surface area contributed by atoms with E-state index in [1.807, 2.05) is 13.0 Å². The van der Waals surface area contributed by atoms with Crippen LogP contribution in [0.3, 0.4) is 0 Å². The fourth-order valence-corrected chi connectivity index (χ4v) is 3.81. The summed E-state index contributed by atoms with van der Waals surface area (Å²) < 4.78 is 0. The third-order valence-electron chi connectivity index (χ3n) is 4.41. The molecule has 0 saturated heterocycles. The van der Waals surface area contributed by atoms with Gasteiger partial charge in [-0.1, -0.05) is 20.8 Å². The molecule has 2 unspecified atom stereocenters. The molecule has 0 amide bonds. The number of rotatable bonds is 5. The normalized spacial score (nSPS) is 29.8. The van der Waals surface area contributed by atoms with Crippen LogP contribution in [0.1, 0.15) is 53.4 Å². The van der Waals surface area contributed by atoms with Crippen molar-refractivity contribution in [1.29, 1.82) is 0 Å². The van der Waals surface area contributed by atoms with Crippen LogP contribution in [0, 0.1) is 10.8 Å². The van der Waals surface area contributed by atoms with Crippen molar-refractivity contribution in [1.82, 2.24) is 10.6 Å². The van der Waals surface area contributed by atoms with Gasteiger partial charge in [0.25, 0.3) is 0 Å². The molecule has 0 bridgehead atoms. The Kier molecular flexibility index (Phi) is 5.68. The average molecular weight is 299 g/mol. The summed E-state index contributed by atoms with van der Waals surface area (Å²) in [5, 5.41) is 7.02. The number of hydrogen-bond donors (Lipinski definition) is 4. The third-order valence-corrected chi connectivity index (χ3v) is 4.52. The minimum Gasteiger partial charge on any atom is -0.386 e. The second-order valence-electron chi connectivity index (χ2n) is 6.91. The molecule has 5 heteroatoms. The smallest absolute Gasteiger partial charge is 0.163 e. The highest BCUT2D eigenvalue weighted by Gasteiger charge is 2.43. The molecule has 6 N–H and O–H groups in total. The Hall–Kier alpha value is -0.970. The van der Waals surface area contributed by atoms with Gasteiger partial charge in [-0.3, -0.25) is 0 Å². The summed E-state index contributed by atoms with van der Waals surface area (Å²) in [5.74, 6) is 0.750. The van der Waals surface area contributed by atoms with E-state index in [4.69, 9.17) is 23.7 Å². The molecule has 0 spiro atoms. The van der Waals surface area contributed by atoms with Crippen LogP contribution in [0.2, 0.25) is 0 Å². The SMILES string of the molecule is C/C=C(\N)NCC1(CC)CC(NC(N)=S)CC(C)(C)C1. The number of hydrogen-bond acceptors (Lipinski definition) is 3. The van der Waals surface area contributed by atoms with Gasteiger partial charge in [-0.05, 0) is 61.7 Å². The second kappa shape index (κ2) is 6.66. The van der Waals surface area contributed by atoms with Crippen LogP contribution in [0.15, 0.2) is 11.9 Å². The van der Waals surface area contributed by atoms with Crippen molar-refractivity contribution in [3.63, 3.8) is 0 Å². The molecule has 4 nitrogen and oxygen atoms in total. The molecule has 116 valence electrons. The maximum Gasteiger partial charge on any atom is 0.163 e. The summed E-state index contributed by atoms with van der Waals surface area (Å²) in [6.45, 7) is 9.75. The van der Waals surface area contributed by atoms with E-state index < -0.39 is 0 Å². The highest BCUT2D eigenvalue weighted by Crippen LogP contribution is 2.47. The molecular weight excluding hydrogens is 268 g/mol. The molecule has 2 atom stereocenters. The molecule has 0 aromatic heterocycles. The number of nitrogens with two attached hydrogens (primary N) is 2. The molecular formula is C15H30N4S. The van der Waals surface area contributed by atoms with Gasteiger partial charge >= 0.3 is 0 Å². The van der Waals surface area contributed by atoms with Gasteiger partial charge in [0.1, 0.15) is 0 Å². The van der Waals surface area contributed by atoms with Crippen LogP contribution in [0.4, 0.5) is 0 Å². The highest BCUT2D eigenvalue weighted by atomic mass is 32.1. The van der Waals surface area contributed by atoms with E-state index in [2.05, 4.69) is 31.4 Å². The van der Waals surface area contributed by atoms with E-state index in [1.54, 1.807) is 0 Å². The first-order chi connectivity index (χ1) is 9.22. The molecule has 1 saturated carbocycles. The molecule has 0 aromatic rings. The summed E-state index contributed by atoms with van der Waals surface area (Å²) >= 11 is 5.01. The van der Waals surface area contributed by atoms with Crippen molar-refractivity contribution in [2.75, 3.05) is 6.54 Å². The van der Waals surface area contributed by atoms with Gasteiger partial charge in [-0.15, -0.1) is 0 Å². The first-order valence-electron chi connectivity index (χ1n) is 7.43. The van der Waals surface area contributed by atoms with Crippen molar-refractivity contribution in [2.24, 2.45) is 22.3 Å². The molecule has 0 heterocycles.